The number of carbonyl (C=O) groups is 1. The lowest BCUT2D eigenvalue weighted by Gasteiger charge is -2.07. The molecule has 4 rings (SSSR count). The van der Waals surface area contributed by atoms with E-state index in [1.54, 1.807) is 17.5 Å². The summed E-state index contributed by atoms with van der Waals surface area (Å²) >= 11 is 1.70. The van der Waals surface area contributed by atoms with Crippen molar-refractivity contribution in [3.05, 3.63) is 89.6 Å². The van der Waals surface area contributed by atoms with Crippen molar-refractivity contribution in [2.24, 2.45) is 0 Å². The SMILES string of the molecule is O=C(NCc1ccccc1)c1cncc(-c2csc3ccccc23)c1. The van der Waals surface area contributed by atoms with Gasteiger partial charge >= 0.3 is 0 Å². The Balaban J connectivity index is 1.58. The monoisotopic (exact) mass is 344 g/mol. The van der Waals surface area contributed by atoms with Crippen molar-refractivity contribution in [1.82, 2.24) is 10.3 Å². The molecule has 25 heavy (non-hydrogen) atoms. The van der Waals surface area contributed by atoms with Gasteiger partial charge in [0.15, 0.2) is 0 Å². The number of pyridine rings is 1. The predicted octanol–water partition coefficient (Wildman–Crippen LogP) is 4.89. The van der Waals surface area contributed by atoms with E-state index < -0.39 is 0 Å². The second-order valence-corrected chi connectivity index (χ2v) is 6.69. The largest absolute Gasteiger partial charge is 0.348 e. The molecular formula is C21H16N2OS. The summed E-state index contributed by atoms with van der Waals surface area (Å²) in [7, 11) is 0. The number of thiophene rings is 1. The molecule has 2 heterocycles. The number of benzene rings is 2. The number of carbonyl (C=O) groups excluding carboxylic acids is 1. The Morgan fingerprint density at radius 1 is 1.00 bits per heavy atom. The van der Waals surface area contributed by atoms with Crippen molar-refractivity contribution in [2.45, 2.75) is 6.54 Å². The highest BCUT2D eigenvalue weighted by molar-refractivity contribution is 7.17. The average molecular weight is 344 g/mol. The van der Waals surface area contributed by atoms with Gasteiger partial charge in [0.1, 0.15) is 0 Å². The average Bonchev–Trinajstić information content (AvgIpc) is 3.11. The van der Waals surface area contributed by atoms with Crippen molar-refractivity contribution in [2.75, 3.05) is 0 Å². The lowest BCUT2D eigenvalue weighted by atomic mass is 10.0. The van der Waals surface area contributed by atoms with E-state index in [0.717, 1.165) is 16.7 Å². The molecule has 2 aromatic heterocycles. The maximum absolute atomic E-state index is 12.5. The van der Waals surface area contributed by atoms with E-state index in [2.05, 4.69) is 27.8 Å². The second-order valence-electron chi connectivity index (χ2n) is 5.78. The summed E-state index contributed by atoms with van der Waals surface area (Å²) in [5.74, 6) is -0.113. The van der Waals surface area contributed by atoms with Crippen molar-refractivity contribution in [3.8, 4) is 11.1 Å². The van der Waals surface area contributed by atoms with Gasteiger partial charge in [0.05, 0.1) is 5.56 Å². The molecule has 0 bridgehead atoms. The molecular weight excluding hydrogens is 328 g/mol. The lowest BCUT2D eigenvalue weighted by Crippen LogP contribution is -2.22. The summed E-state index contributed by atoms with van der Waals surface area (Å²) in [6, 6.07) is 20.1. The number of nitrogens with one attached hydrogen (secondary N) is 1. The smallest absolute Gasteiger partial charge is 0.253 e. The van der Waals surface area contributed by atoms with Crippen molar-refractivity contribution in [3.63, 3.8) is 0 Å². The lowest BCUT2D eigenvalue weighted by molar-refractivity contribution is 0.0950. The summed E-state index contributed by atoms with van der Waals surface area (Å²) in [6.07, 6.45) is 3.42. The highest BCUT2D eigenvalue weighted by Gasteiger charge is 2.10. The molecule has 0 unspecified atom stereocenters. The van der Waals surface area contributed by atoms with E-state index in [4.69, 9.17) is 0 Å². The Bertz CT molecular complexity index is 1020. The third-order valence-corrected chi connectivity index (χ3v) is 5.05. The predicted molar refractivity (Wildman–Crippen MR) is 103 cm³/mol. The van der Waals surface area contributed by atoms with Crippen LogP contribution in [-0.2, 0) is 6.54 Å². The van der Waals surface area contributed by atoms with E-state index in [0.29, 0.717) is 12.1 Å². The number of hydrogen-bond acceptors (Lipinski definition) is 3. The summed E-state index contributed by atoms with van der Waals surface area (Å²) < 4.78 is 1.23. The maximum Gasteiger partial charge on any atom is 0.253 e. The minimum atomic E-state index is -0.113. The molecule has 122 valence electrons. The number of fused-ring (bicyclic) bond motifs is 1. The van der Waals surface area contributed by atoms with Gasteiger partial charge in [-0.25, -0.2) is 0 Å². The molecule has 3 nitrogen and oxygen atoms in total. The van der Waals surface area contributed by atoms with Crippen LogP contribution in [0.15, 0.2) is 78.4 Å². The van der Waals surface area contributed by atoms with E-state index in [9.17, 15) is 4.79 Å². The summed E-state index contributed by atoms with van der Waals surface area (Å²) in [6.45, 7) is 0.505. The molecule has 0 atom stereocenters. The zero-order chi connectivity index (χ0) is 17.1. The van der Waals surface area contributed by atoms with Crippen molar-refractivity contribution < 1.29 is 4.79 Å². The van der Waals surface area contributed by atoms with Gasteiger partial charge in [0.2, 0.25) is 0 Å². The number of amides is 1. The van der Waals surface area contributed by atoms with Crippen LogP contribution in [0.3, 0.4) is 0 Å². The van der Waals surface area contributed by atoms with Gasteiger partial charge < -0.3 is 5.32 Å². The Morgan fingerprint density at radius 3 is 2.68 bits per heavy atom. The molecule has 0 spiro atoms. The van der Waals surface area contributed by atoms with Crippen LogP contribution < -0.4 is 5.32 Å². The van der Waals surface area contributed by atoms with Crippen LogP contribution in [0.5, 0.6) is 0 Å². The van der Waals surface area contributed by atoms with Crippen LogP contribution in [0.1, 0.15) is 15.9 Å². The number of hydrogen-bond donors (Lipinski definition) is 1. The van der Waals surface area contributed by atoms with Gasteiger partial charge in [0, 0.05) is 40.2 Å². The number of aromatic nitrogens is 1. The zero-order valence-corrected chi connectivity index (χ0v) is 14.3. The summed E-state index contributed by atoms with van der Waals surface area (Å²) in [5, 5.41) is 6.26. The normalized spacial score (nSPS) is 10.7. The van der Waals surface area contributed by atoms with E-state index in [1.165, 1.54) is 10.1 Å². The first-order valence-corrected chi connectivity index (χ1v) is 8.93. The molecule has 4 aromatic rings. The Labute approximate surface area is 150 Å². The first-order valence-electron chi connectivity index (χ1n) is 8.05. The van der Waals surface area contributed by atoms with Crippen LogP contribution in [0.2, 0.25) is 0 Å². The first kappa shape index (κ1) is 15.5. The van der Waals surface area contributed by atoms with Gasteiger partial charge in [-0.1, -0.05) is 48.5 Å². The van der Waals surface area contributed by atoms with E-state index >= 15 is 0 Å². The summed E-state index contributed by atoms with van der Waals surface area (Å²) in [4.78, 5) is 16.7. The maximum atomic E-state index is 12.5. The minimum Gasteiger partial charge on any atom is -0.348 e. The third kappa shape index (κ3) is 3.30. The Hall–Kier alpha value is -2.98. The van der Waals surface area contributed by atoms with Gasteiger partial charge in [-0.2, -0.15) is 0 Å². The highest BCUT2D eigenvalue weighted by atomic mass is 32.1. The van der Waals surface area contributed by atoms with Crippen LogP contribution in [-0.4, -0.2) is 10.9 Å². The molecule has 0 aliphatic rings. The standard InChI is InChI=1S/C21H16N2OS/c24-21(23-11-15-6-2-1-3-7-15)17-10-16(12-22-13-17)19-14-25-20-9-5-4-8-18(19)20/h1-10,12-14H,11H2,(H,23,24). The first-order chi connectivity index (χ1) is 12.3. The van der Waals surface area contributed by atoms with Crippen LogP contribution >= 0.6 is 11.3 Å². The van der Waals surface area contributed by atoms with E-state index in [-0.39, 0.29) is 5.91 Å². The van der Waals surface area contributed by atoms with Crippen molar-refractivity contribution >= 4 is 27.3 Å². The topological polar surface area (TPSA) is 42.0 Å². The van der Waals surface area contributed by atoms with Crippen molar-refractivity contribution in [1.29, 1.82) is 0 Å². The fourth-order valence-corrected chi connectivity index (χ4v) is 3.76. The molecule has 2 aromatic carbocycles. The highest BCUT2D eigenvalue weighted by Crippen LogP contribution is 2.33. The molecule has 0 fully saturated rings. The summed E-state index contributed by atoms with van der Waals surface area (Å²) in [5.41, 5.74) is 3.73. The second kappa shape index (κ2) is 6.87. The Kier molecular flexibility index (Phi) is 4.27. The van der Waals surface area contributed by atoms with Crippen LogP contribution in [0.4, 0.5) is 0 Å². The fraction of sp³-hybridized carbons (Fsp3) is 0.0476. The molecule has 0 saturated heterocycles. The molecule has 0 saturated carbocycles. The quantitative estimate of drug-likeness (QED) is 0.572. The van der Waals surface area contributed by atoms with Gasteiger partial charge in [-0.3, -0.25) is 9.78 Å². The van der Waals surface area contributed by atoms with Gasteiger partial charge in [-0.15, -0.1) is 11.3 Å². The van der Waals surface area contributed by atoms with Crippen LogP contribution in [0.25, 0.3) is 21.2 Å². The van der Waals surface area contributed by atoms with Gasteiger partial charge in [-0.05, 0) is 23.1 Å². The minimum absolute atomic E-state index is 0.113. The molecule has 0 aliphatic carbocycles. The molecule has 1 amide bonds. The molecule has 0 aliphatic heterocycles. The van der Waals surface area contributed by atoms with Gasteiger partial charge in [0.25, 0.3) is 5.91 Å². The molecule has 1 N–H and O–H groups in total. The molecule has 0 radical (unpaired) electrons. The molecule has 4 heteroatoms. The Morgan fingerprint density at radius 2 is 1.80 bits per heavy atom. The van der Waals surface area contributed by atoms with E-state index in [1.807, 2.05) is 54.7 Å². The number of rotatable bonds is 4. The zero-order valence-electron chi connectivity index (χ0n) is 13.5. The third-order valence-electron chi connectivity index (χ3n) is 4.09. The van der Waals surface area contributed by atoms with Crippen LogP contribution in [0, 0.1) is 0 Å². The number of nitrogens with zero attached hydrogens (tertiary/aromatic N) is 1. The fourth-order valence-electron chi connectivity index (χ4n) is 2.79.